The number of carbonyl (C=O) groups excluding carboxylic acids is 1. The van der Waals surface area contributed by atoms with Gasteiger partial charge in [0.05, 0.1) is 6.10 Å². The summed E-state index contributed by atoms with van der Waals surface area (Å²) in [5.41, 5.74) is 0. The van der Waals surface area contributed by atoms with Gasteiger partial charge >= 0.3 is 11.9 Å². The topological polar surface area (TPSA) is 63.6 Å². The van der Waals surface area contributed by atoms with E-state index in [1.807, 2.05) is 6.92 Å². The van der Waals surface area contributed by atoms with Gasteiger partial charge in [-0.2, -0.15) is 0 Å². The summed E-state index contributed by atoms with van der Waals surface area (Å²) < 4.78 is 5.12. The third kappa shape index (κ3) is 3.22. The van der Waals surface area contributed by atoms with Gasteiger partial charge in [0.15, 0.2) is 5.92 Å². The summed E-state index contributed by atoms with van der Waals surface area (Å²) in [5.74, 6) is -2.60. The quantitative estimate of drug-likeness (QED) is 0.579. The molecule has 1 rings (SSSR count). The molecule has 0 aromatic heterocycles. The van der Waals surface area contributed by atoms with Gasteiger partial charge in [-0.3, -0.25) is 9.59 Å². The Bertz CT molecular complexity index is 256. The van der Waals surface area contributed by atoms with Gasteiger partial charge in [-0.1, -0.05) is 19.8 Å². The van der Waals surface area contributed by atoms with Crippen LogP contribution in [0.2, 0.25) is 0 Å². The van der Waals surface area contributed by atoms with Crippen molar-refractivity contribution in [3.63, 3.8) is 0 Å². The molecule has 0 amide bonds. The molecule has 2 atom stereocenters. The van der Waals surface area contributed by atoms with Crippen molar-refractivity contribution in [2.45, 2.75) is 52.1 Å². The summed E-state index contributed by atoms with van der Waals surface area (Å²) in [7, 11) is 0. The average molecular weight is 228 g/mol. The maximum Gasteiger partial charge on any atom is 0.320 e. The summed E-state index contributed by atoms with van der Waals surface area (Å²) in [4.78, 5) is 22.8. The van der Waals surface area contributed by atoms with Crippen LogP contribution in [-0.2, 0) is 14.3 Å². The van der Waals surface area contributed by atoms with Gasteiger partial charge in [-0.25, -0.2) is 0 Å². The monoisotopic (exact) mass is 228 g/mol. The number of carboxylic acid groups (broad SMARTS) is 1. The van der Waals surface area contributed by atoms with Crippen molar-refractivity contribution in [1.82, 2.24) is 0 Å². The molecule has 1 N–H and O–H groups in total. The normalized spacial score (nSPS) is 20.4. The molecule has 0 radical (unpaired) electrons. The summed E-state index contributed by atoms with van der Waals surface area (Å²) in [6.07, 6.45) is 4.20. The van der Waals surface area contributed by atoms with E-state index < -0.39 is 17.9 Å². The van der Waals surface area contributed by atoms with Crippen LogP contribution >= 0.6 is 0 Å². The number of hydrogen-bond donors (Lipinski definition) is 1. The first-order chi connectivity index (χ1) is 7.56. The Kier molecular flexibility index (Phi) is 4.77. The van der Waals surface area contributed by atoms with Crippen LogP contribution in [0.5, 0.6) is 0 Å². The van der Waals surface area contributed by atoms with E-state index in [4.69, 9.17) is 9.84 Å². The number of esters is 1. The molecule has 92 valence electrons. The highest BCUT2D eigenvalue weighted by Crippen LogP contribution is 2.32. The molecular weight excluding hydrogens is 208 g/mol. The van der Waals surface area contributed by atoms with Crippen molar-refractivity contribution in [3.05, 3.63) is 0 Å². The number of carbonyl (C=O) groups is 2. The molecule has 1 fully saturated rings. The van der Waals surface area contributed by atoms with E-state index in [-0.39, 0.29) is 12.0 Å². The van der Waals surface area contributed by atoms with E-state index in [1.54, 1.807) is 6.92 Å². The highest BCUT2D eigenvalue weighted by molar-refractivity contribution is 5.94. The Hall–Kier alpha value is -1.06. The average Bonchev–Trinajstić information content (AvgIpc) is 2.70. The molecule has 1 aliphatic rings. The lowest BCUT2D eigenvalue weighted by molar-refractivity contribution is -0.164. The van der Waals surface area contributed by atoms with Gasteiger partial charge in [0.2, 0.25) is 0 Å². The summed E-state index contributed by atoms with van der Waals surface area (Å²) in [6.45, 7) is 3.69. The Labute approximate surface area is 96.0 Å². The first-order valence-corrected chi connectivity index (χ1v) is 5.99. The Morgan fingerprint density at radius 2 is 1.94 bits per heavy atom. The zero-order chi connectivity index (χ0) is 12.1. The zero-order valence-corrected chi connectivity index (χ0v) is 9.94. The third-order valence-electron chi connectivity index (χ3n) is 3.28. The van der Waals surface area contributed by atoms with Crippen molar-refractivity contribution in [2.75, 3.05) is 0 Å². The SMILES string of the molecule is CCC(C)OC(=O)C(C(=O)O)C1CCCC1. The summed E-state index contributed by atoms with van der Waals surface area (Å²) >= 11 is 0. The fraction of sp³-hybridized carbons (Fsp3) is 0.833. The Morgan fingerprint density at radius 1 is 1.38 bits per heavy atom. The van der Waals surface area contributed by atoms with Crippen LogP contribution in [0.15, 0.2) is 0 Å². The molecule has 0 heterocycles. The van der Waals surface area contributed by atoms with Gasteiger partial charge in [0.25, 0.3) is 0 Å². The van der Waals surface area contributed by atoms with Crippen LogP contribution in [-0.4, -0.2) is 23.1 Å². The second-order valence-electron chi connectivity index (χ2n) is 4.52. The van der Waals surface area contributed by atoms with Gasteiger partial charge in [0.1, 0.15) is 0 Å². The lowest BCUT2D eigenvalue weighted by Crippen LogP contribution is -2.33. The van der Waals surface area contributed by atoms with E-state index in [1.165, 1.54) is 0 Å². The molecule has 0 spiro atoms. The molecule has 0 bridgehead atoms. The van der Waals surface area contributed by atoms with Crippen LogP contribution in [0.25, 0.3) is 0 Å². The maximum absolute atomic E-state index is 11.7. The predicted octanol–water partition coefficient (Wildman–Crippen LogP) is 2.22. The predicted molar refractivity (Wildman–Crippen MR) is 58.9 cm³/mol. The van der Waals surface area contributed by atoms with E-state index in [0.717, 1.165) is 25.7 Å². The minimum Gasteiger partial charge on any atom is -0.481 e. The van der Waals surface area contributed by atoms with Gasteiger partial charge in [0, 0.05) is 0 Å². The third-order valence-corrected chi connectivity index (χ3v) is 3.28. The van der Waals surface area contributed by atoms with Crippen LogP contribution in [0, 0.1) is 11.8 Å². The van der Waals surface area contributed by atoms with Crippen LogP contribution in [0.4, 0.5) is 0 Å². The number of rotatable bonds is 5. The van der Waals surface area contributed by atoms with E-state index in [9.17, 15) is 9.59 Å². The second-order valence-corrected chi connectivity index (χ2v) is 4.52. The number of carboxylic acids is 1. The molecule has 0 saturated heterocycles. The molecule has 1 saturated carbocycles. The molecule has 0 aromatic carbocycles. The molecule has 0 aliphatic heterocycles. The van der Waals surface area contributed by atoms with Gasteiger partial charge in [-0.15, -0.1) is 0 Å². The van der Waals surface area contributed by atoms with Crippen LogP contribution in [0.3, 0.4) is 0 Å². The maximum atomic E-state index is 11.7. The first-order valence-electron chi connectivity index (χ1n) is 5.99. The van der Waals surface area contributed by atoms with E-state index >= 15 is 0 Å². The highest BCUT2D eigenvalue weighted by Gasteiger charge is 2.38. The lowest BCUT2D eigenvalue weighted by atomic mass is 9.91. The minimum absolute atomic E-state index is 0.0333. The molecule has 1 aliphatic carbocycles. The fourth-order valence-electron chi connectivity index (χ4n) is 2.14. The molecule has 4 nitrogen and oxygen atoms in total. The summed E-state index contributed by atoms with van der Waals surface area (Å²) in [6, 6.07) is 0. The number of hydrogen-bond acceptors (Lipinski definition) is 3. The molecular formula is C12H20O4. The molecule has 16 heavy (non-hydrogen) atoms. The smallest absolute Gasteiger partial charge is 0.320 e. The van der Waals surface area contributed by atoms with Crippen molar-refractivity contribution >= 4 is 11.9 Å². The van der Waals surface area contributed by atoms with Gasteiger partial charge < -0.3 is 9.84 Å². The van der Waals surface area contributed by atoms with E-state index in [0.29, 0.717) is 6.42 Å². The Balaban J connectivity index is 2.62. The molecule has 2 unspecified atom stereocenters. The van der Waals surface area contributed by atoms with Gasteiger partial charge in [-0.05, 0) is 32.1 Å². The van der Waals surface area contributed by atoms with E-state index in [2.05, 4.69) is 0 Å². The summed E-state index contributed by atoms with van der Waals surface area (Å²) in [5, 5.41) is 9.09. The van der Waals surface area contributed by atoms with Crippen LogP contribution < -0.4 is 0 Å². The fourth-order valence-corrected chi connectivity index (χ4v) is 2.14. The Morgan fingerprint density at radius 3 is 2.38 bits per heavy atom. The van der Waals surface area contributed by atoms with Crippen LogP contribution in [0.1, 0.15) is 46.0 Å². The van der Waals surface area contributed by atoms with Crippen molar-refractivity contribution in [2.24, 2.45) is 11.8 Å². The number of ether oxygens (including phenoxy) is 1. The highest BCUT2D eigenvalue weighted by atomic mass is 16.5. The molecule has 4 heteroatoms. The van der Waals surface area contributed by atoms with Crippen molar-refractivity contribution in [3.8, 4) is 0 Å². The first kappa shape index (κ1) is 13.0. The standard InChI is InChI=1S/C12H20O4/c1-3-8(2)16-12(15)10(11(13)14)9-6-4-5-7-9/h8-10H,3-7H2,1-2H3,(H,13,14). The zero-order valence-electron chi connectivity index (χ0n) is 9.94. The minimum atomic E-state index is -1.04. The molecule has 0 aromatic rings. The van der Waals surface area contributed by atoms with Crippen molar-refractivity contribution < 1.29 is 19.4 Å². The largest absolute Gasteiger partial charge is 0.481 e. The van der Waals surface area contributed by atoms with Crippen molar-refractivity contribution in [1.29, 1.82) is 0 Å². The lowest BCUT2D eigenvalue weighted by Gasteiger charge is -2.20. The number of aliphatic carboxylic acids is 1. The second kappa shape index (κ2) is 5.87.